The number of H-pyrrole nitrogens is 1. The molecule has 27 heavy (non-hydrogen) atoms. The lowest BCUT2D eigenvalue weighted by Gasteiger charge is -2.06. The van der Waals surface area contributed by atoms with E-state index in [-0.39, 0.29) is 11.3 Å². The van der Waals surface area contributed by atoms with Crippen molar-refractivity contribution < 1.29 is 9.72 Å². The Hall–Kier alpha value is -4.00. The monoisotopic (exact) mass is 358 g/mol. The van der Waals surface area contributed by atoms with Gasteiger partial charge in [-0.3, -0.25) is 14.9 Å². The van der Waals surface area contributed by atoms with Crippen molar-refractivity contribution in [2.45, 2.75) is 0 Å². The standard InChI is InChI=1S/C20H14N4O3/c25-20(15-5-1-4-8-18(15)24(26)27)21-14-11-9-13(10-12-14)19-22-16-6-2-3-7-17(16)23-19/h1-12H,(H,21,25)(H,22,23). The zero-order chi connectivity index (χ0) is 18.8. The second-order valence-electron chi connectivity index (χ2n) is 5.91. The van der Waals surface area contributed by atoms with Crippen LogP contribution in [-0.4, -0.2) is 20.8 Å². The number of rotatable bonds is 4. The molecule has 0 spiro atoms. The number of anilines is 1. The Balaban J connectivity index is 1.56. The van der Waals surface area contributed by atoms with Gasteiger partial charge in [-0.2, -0.15) is 0 Å². The zero-order valence-electron chi connectivity index (χ0n) is 14.0. The average molecular weight is 358 g/mol. The van der Waals surface area contributed by atoms with Gasteiger partial charge in [0.1, 0.15) is 11.4 Å². The van der Waals surface area contributed by atoms with Crippen molar-refractivity contribution in [3.63, 3.8) is 0 Å². The van der Waals surface area contributed by atoms with Crippen molar-refractivity contribution in [3.8, 4) is 11.4 Å². The summed E-state index contributed by atoms with van der Waals surface area (Å²) in [5.74, 6) is 0.201. The van der Waals surface area contributed by atoms with Crippen molar-refractivity contribution in [3.05, 3.63) is 88.5 Å². The topological polar surface area (TPSA) is 101 Å². The van der Waals surface area contributed by atoms with E-state index in [1.165, 1.54) is 18.2 Å². The molecule has 0 unspecified atom stereocenters. The number of fused-ring (bicyclic) bond motifs is 1. The van der Waals surface area contributed by atoms with Crippen LogP contribution < -0.4 is 5.32 Å². The number of carbonyl (C=O) groups excluding carboxylic acids is 1. The first-order valence-electron chi connectivity index (χ1n) is 8.22. The number of benzene rings is 3. The molecule has 3 aromatic carbocycles. The SMILES string of the molecule is O=C(Nc1ccc(-c2nc3ccccc3[nH]2)cc1)c1ccccc1[N+](=O)[O-]. The first-order chi connectivity index (χ1) is 13.1. The van der Waals surface area contributed by atoms with Gasteiger partial charge in [-0.15, -0.1) is 0 Å². The molecule has 0 fully saturated rings. The molecule has 0 saturated carbocycles. The summed E-state index contributed by atoms with van der Waals surface area (Å²) in [7, 11) is 0. The van der Waals surface area contributed by atoms with Crippen LogP contribution in [0.2, 0.25) is 0 Å². The van der Waals surface area contributed by atoms with Crippen molar-refractivity contribution in [2.24, 2.45) is 0 Å². The molecule has 0 aliphatic heterocycles. The number of nitrogens with one attached hydrogen (secondary N) is 2. The van der Waals surface area contributed by atoms with Crippen LogP contribution >= 0.6 is 0 Å². The molecule has 7 heteroatoms. The van der Waals surface area contributed by atoms with Gasteiger partial charge < -0.3 is 10.3 Å². The van der Waals surface area contributed by atoms with Crippen LogP contribution in [0.4, 0.5) is 11.4 Å². The molecule has 2 N–H and O–H groups in total. The Morgan fingerprint density at radius 1 is 0.963 bits per heavy atom. The highest BCUT2D eigenvalue weighted by Gasteiger charge is 2.19. The number of nitro groups is 1. The number of para-hydroxylation sites is 3. The Labute approximate surface area is 153 Å². The van der Waals surface area contributed by atoms with E-state index >= 15 is 0 Å². The number of carbonyl (C=O) groups is 1. The first-order valence-corrected chi connectivity index (χ1v) is 8.22. The number of aromatic nitrogens is 2. The van der Waals surface area contributed by atoms with Gasteiger partial charge in [0.15, 0.2) is 0 Å². The lowest BCUT2D eigenvalue weighted by Crippen LogP contribution is -2.13. The van der Waals surface area contributed by atoms with E-state index < -0.39 is 10.8 Å². The highest BCUT2D eigenvalue weighted by atomic mass is 16.6. The van der Waals surface area contributed by atoms with Crippen molar-refractivity contribution >= 4 is 28.3 Å². The van der Waals surface area contributed by atoms with Gasteiger partial charge in [0.25, 0.3) is 11.6 Å². The average Bonchev–Trinajstić information content (AvgIpc) is 3.12. The summed E-state index contributed by atoms with van der Waals surface area (Å²) in [4.78, 5) is 30.7. The van der Waals surface area contributed by atoms with Crippen LogP contribution in [0.15, 0.2) is 72.8 Å². The molecule has 0 atom stereocenters. The second kappa shape index (κ2) is 6.72. The van der Waals surface area contributed by atoms with Crippen LogP contribution in [-0.2, 0) is 0 Å². The molecule has 0 bridgehead atoms. The number of nitro benzene ring substituents is 1. The van der Waals surface area contributed by atoms with E-state index in [1.807, 2.05) is 36.4 Å². The summed E-state index contributed by atoms with van der Waals surface area (Å²) < 4.78 is 0. The van der Waals surface area contributed by atoms with Gasteiger partial charge in [0, 0.05) is 17.3 Å². The normalized spacial score (nSPS) is 10.7. The van der Waals surface area contributed by atoms with Crippen LogP contribution in [0.25, 0.3) is 22.4 Å². The zero-order valence-corrected chi connectivity index (χ0v) is 14.0. The van der Waals surface area contributed by atoms with E-state index in [2.05, 4.69) is 15.3 Å². The Kier molecular flexibility index (Phi) is 4.10. The molecule has 0 aliphatic rings. The highest BCUT2D eigenvalue weighted by molar-refractivity contribution is 6.07. The van der Waals surface area contributed by atoms with E-state index in [9.17, 15) is 14.9 Å². The van der Waals surface area contributed by atoms with E-state index in [0.717, 1.165) is 22.4 Å². The summed E-state index contributed by atoms with van der Waals surface area (Å²) in [6, 6.07) is 20.7. The molecule has 0 aliphatic carbocycles. The van der Waals surface area contributed by atoms with Gasteiger partial charge >= 0.3 is 0 Å². The minimum absolute atomic E-state index is 0.0175. The Morgan fingerprint density at radius 2 is 1.67 bits per heavy atom. The number of aromatic amines is 1. The molecule has 4 rings (SSSR count). The van der Waals surface area contributed by atoms with Crippen LogP contribution in [0.1, 0.15) is 10.4 Å². The largest absolute Gasteiger partial charge is 0.338 e. The van der Waals surface area contributed by atoms with E-state index in [4.69, 9.17) is 0 Å². The Morgan fingerprint density at radius 3 is 2.41 bits per heavy atom. The molecule has 1 aromatic heterocycles. The molecular formula is C20H14N4O3. The first kappa shape index (κ1) is 16.5. The lowest BCUT2D eigenvalue weighted by atomic mass is 10.1. The quantitative estimate of drug-likeness (QED) is 0.417. The number of imidazole rings is 1. The Bertz CT molecular complexity index is 1120. The number of hydrogen-bond donors (Lipinski definition) is 2. The van der Waals surface area contributed by atoms with Crippen molar-refractivity contribution in [1.29, 1.82) is 0 Å². The third kappa shape index (κ3) is 3.25. The third-order valence-electron chi connectivity index (χ3n) is 4.15. The molecule has 0 radical (unpaired) electrons. The number of nitrogens with zero attached hydrogens (tertiary/aromatic N) is 2. The molecule has 0 saturated heterocycles. The van der Waals surface area contributed by atoms with Gasteiger partial charge in [0.2, 0.25) is 0 Å². The molecule has 1 amide bonds. The molecule has 132 valence electrons. The summed E-state index contributed by atoms with van der Waals surface area (Å²) in [6.45, 7) is 0. The maximum Gasteiger partial charge on any atom is 0.282 e. The summed E-state index contributed by atoms with van der Waals surface area (Å²) in [5.41, 5.74) is 3.02. The fourth-order valence-electron chi connectivity index (χ4n) is 2.82. The van der Waals surface area contributed by atoms with Crippen molar-refractivity contribution in [1.82, 2.24) is 9.97 Å². The highest BCUT2D eigenvalue weighted by Crippen LogP contribution is 2.23. The summed E-state index contributed by atoms with van der Waals surface area (Å²) in [6.07, 6.45) is 0. The van der Waals surface area contributed by atoms with Crippen LogP contribution in [0.3, 0.4) is 0 Å². The lowest BCUT2D eigenvalue weighted by molar-refractivity contribution is -0.385. The van der Waals surface area contributed by atoms with Crippen LogP contribution in [0.5, 0.6) is 0 Å². The maximum absolute atomic E-state index is 12.4. The maximum atomic E-state index is 12.4. The summed E-state index contributed by atoms with van der Waals surface area (Å²) >= 11 is 0. The van der Waals surface area contributed by atoms with E-state index in [1.54, 1.807) is 18.2 Å². The molecule has 4 aromatic rings. The number of hydrogen-bond acceptors (Lipinski definition) is 4. The minimum Gasteiger partial charge on any atom is -0.338 e. The molecular weight excluding hydrogens is 344 g/mol. The fraction of sp³-hybridized carbons (Fsp3) is 0. The van der Waals surface area contributed by atoms with Gasteiger partial charge in [-0.25, -0.2) is 4.98 Å². The molecule has 1 heterocycles. The van der Waals surface area contributed by atoms with Crippen LogP contribution in [0, 0.1) is 10.1 Å². The fourth-order valence-corrected chi connectivity index (χ4v) is 2.82. The second-order valence-corrected chi connectivity index (χ2v) is 5.91. The van der Waals surface area contributed by atoms with Gasteiger partial charge in [-0.1, -0.05) is 24.3 Å². The van der Waals surface area contributed by atoms with E-state index in [0.29, 0.717) is 5.69 Å². The predicted molar refractivity (Wildman–Crippen MR) is 103 cm³/mol. The van der Waals surface area contributed by atoms with Gasteiger partial charge in [-0.05, 0) is 42.5 Å². The minimum atomic E-state index is -0.570. The summed E-state index contributed by atoms with van der Waals surface area (Å²) in [5, 5.41) is 13.8. The number of amides is 1. The predicted octanol–water partition coefficient (Wildman–Crippen LogP) is 4.39. The molecule has 7 nitrogen and oxygen atoms in total. The smallest absolute Gasteiger partial charge is 0.282 e. The van der Waals surface area contributed by atoms with Crippen molar-refractivity contribution in [2.75, 3.05) is 5.32 Å². The third-order valence-corrected chi connectivity index (χ3v) is 4.15. The van der Waals surface area contributed by atoms with Gasteiger partial charge in [0.05, 0.1) is 16.0 Å².